The van der Waals surface area contributed by atoms with E-state index in [4.69, 9.17) is 11.6 Å². The third-order valence-electron chi connectivity index (χ3n) is 5.12. The molecular weight excluding hydrogens is 346 g/mol. The summed E-state index contributed by atoms with van der Waals surface area (Å²) in [5.41, 5.74) is 3.27. The monoisotopic (exact) mass is 367 g/mol. The van der Waals surface area contributed by atoms with E-state index in [0.717, 1.165) is 39.1 Å². The van der Waals surface area contributed by atoms with E-state index in [0.29, 0.717) is 10.6 Å². The second kappa shape index (κ2) is 7.52. The number of H-pyrrole nitrogens is 1. The van der Waals surface area contributed by atoms with Crippen LogP contribution < -0.4 is 0 Å². The highest BCUT2D eigenvalue weighted by Crippen LogP contribution is 2.19. The van der Waals surface area contributed by atoms with Crippen LogP contribution in [0.2, 0.25) is 5.02 Å². The van der Waals surface area contributed by atoms with Gasteiger partial charge in [-0.15, -0.1) is 0 Å². The van der Waals surface area contributed by atoms with Crippen LogP contribution in [0.15, 0.2) is 54.7 Å². The summed E-state index contributed by atoms with van der Waals surface area (Å²) in [6, 6.07) is 15.6. The Balaban J connectivity index is 1.31. The third-order valence-corrected chi connectivity index (χ3v) is 5.37. The van der Waals surface area contributed by atoms with Crippen molar-refractivity contribution in [1.82, 2.24) is 14.8 Å². The lowest BCUT2D eigenvalue weighted by Crippen LogP contribution is -2.49. The Kier molecular flexibility index (Phi) is 4.96. The number of nitrogens with one attached hydrogen (secondary N) is 1. The van der Waals surface area contributed by atoms with Gasteiger partial charge in [0, 0.05) is 60.4 Å². The molecule has 3 aromatic rings. The number of benzene rings is 2. The normalized spacial score (nSPS) is 15.5. The van der Waals surface area contributed by atoms with Crippen LogP contribution in [0, 0.1) is 0 Å². The van der Waals surface area contributed by atoms with Gasteiger partial charge in [-0.1, -0.05) is 29.8 Å². The smallest absolute Gasteiger partial charge is 0.253 e. The van der Waals surface area contributed by atoms with Crippen molar-refractivity contribution in [3.05, 3.63) is 70.9 Å². The van der Waals surface area contributed by atoms with Crippen molar-refractivity contribution >= 4 is 28.4 Å². The first kappa shape index (κ1) is 17.1. The number of aromatic amines is 1. The van der Waals surface area contributed by atoms with Gasteiger partial charge in [0.25, 0.3) is 5.91 Å². The largest absolute Gasteiger partial charge is 0.361 e. The number of carbonyl (C=O) groups excluding carboxylic acids is 1. The van der Waals surface area contributed by atoms with Crippen molar-refractivity contribution in [2.45, 2.75) is 6.42 Å². The first-order valence-corrected chi connectivity index (χ1v) is 9.41. The number of piperazine rings is 1. The molecule has 5 heteroatoms. The maximum atomic E-state index is 12.6. The minimum Gasteiger partial charge on any atom is -0.361 e. The Hall–Kier alpha value is -2.30. The van der Waals surface area contributed by atoms with E-state index in [-0.39, 0.29) is 5.91 Å². The standard InChI is InChI=1S/C21H22ClN3O/c22-18-7-5-16(6-8-18)21(26)25-13-11-24(12-14-25)10-9-17-15-23-20-4-2-1-3-19(17)20/h1-8,15,23H,9-14H2. The Labute approximate surface area is 158 Å². The number of hydrogen-bond donors (Lipinski definition) is 1. The van der Waals surface area contributed by atoms with Crippen LogP contribution in [0.5, 0.6) is 0 Å². The molecule has 0 unspecified atom stereocenters. The Morgan fingerprint density at radius 2 is 1.73 bits per heavy atom. The van der Waals surface area contributed by atoms with Crippen LogP contribution in [0.3, 0.4) is 0 Å². The number of carbonyl (C=O) groups is 1. The molecule has 0 aliphatic carbocycles. The lowest BCUT2D eigenvalue weighted by Gasteiger charge is -2.34. The molecule has 0 saturated carbocycles. The van der Waals surface area contributed by atoms with Crippen molar-refractivity contribution in [2.24, 2.45) is 0 Å². The highest BCUT2D eigenvalue weighted by Gasteiger charge is 2.22. The van der Waals surface area contributed by atoms with Gasteiger partial charge in [-0.2, -0.15) is 0 Å². The maximum Gasteiger partial charge on any atom is 0.253 e. The molecule has 0 radical (unpaired) electrons. The second-order valence-electron chi connectivity index (χ2n) is 6.75. The van der Waals surface area contributed by atoms with Crippen molar-refractivity contribution in [2.75, 3.05) is 32.7 Å². The molecule has 2 aromatic carbocycles. The minimum atomic E-state index is 0.0953. The summed E-state index contributed by atoms with van der Waals surface area (Å²) in [5, 5.41) is 1.97. The molecule has 0 spiro atoms. The van der Waals surface area contributed by atoms with Gasteiger partial charge in [0.15, 0.2) is 0 Å². The number of halogens is 1. The van der Waals surface area contributed by atoms with E-state index < -0.39 is 0 Å². The summed E-state index contributed by atoms with van der Waals surface area (Å²) in [5.74, 6) is 0.0953. The third kappa shape index (κ3) is 3.62. The van der Waals surface area contributed by atoms with Crippen LogP contribution in [0.1, 0.15) is 15.9 Å². The molecule has 0 bridgehead atoms. The molecule has 134 valence electrons. The fourth-order valence-electron chi connectivity index (χ4n) is 3.57. The zero-order valence-electron chi connectivity index (χ0n) is 14.6. The quantitative estimate of drug-likeness (QED) is 0.761. The van der Waals surface area contributed by atoms with Gasteiger partial charge in [-0.25, -0.2) is 0 Å². The average Bonchev–Trinajstić information content (AvgIpc) is 3.10. The summed E-state index contributed by atoms with van der Waals surface area (Å²) >= 11 is 5.90. The molecule has 1 N–H and O–H groups in total. The van der Waals surface area contributed by atoms with E-state index in [1.54, 1.807) is 24.3 Å². The number of nitrogens with zero attached hydrogens (tertiary/aromatic N) is 2. The van der Waals surface area contributed by atoms with Gasteiger partial charge in [0.1, 0.15) is 0 Å². The molecule has 1 saturated heterocycles. The van der Waals surface area contributed by atoms with E-state index in [9.17, 15) is 4.79 Å². The second-order valence-corrected chi connectivity index (χ2v) is 7.19. The summed E-state index contributed by atoms with van der Waals surface area (Å²) in [6.07, 6.45) is 3.14. The number of para-hydroxylation sites is 1. The van der Waals surface area contributed by atoms with Gasteiger partial charge in [0.05, 0.1) is 0 Å². The minimum absolute atomic E-state index is 0.0953. The highest BCUT2D eigenvalue weighted by atomic mass is 35.5. The summed E-state index contributed by atoms with van der Waals surface area (Å²) in [6.45, 7) is 4.40. The van der Waals surface area contributed by atoms with E-state index in [1.165, 1.54) is 16.5 Å². The number of hydrogen-bond acceptors (Lipinski definition) is 2. The molecule has 1 amide bonds. The van der Waals surface area contributed by atoms with Crippen molar-refractivity contribution in [3.8, 4) is 0 Å². The van der Waals surface area contributed by atoms with Gasteiger partial charge in [-0.3, -0.25) is 9.69 Å². The van der Waals surface area contributed by atoms with Crippen molar-refractivity contribution < 1.29 is 4.79 Å². The van der Waals surface area contributed by atoms with Crippen LogP contribution in [-0.4, -0.2) is 53.4 Å². The molecule has 1 aliphatic heterocycles. The Bertz CT molecular complexity index is 895. The number of rotatable bonds is 4. The van der Waals surface area contributed by atoms with Gasteiger partial charge in [0.2, 0.25) is 0 Å². The molecule has 1 aliphatic rings. The van der Waals surface area contributed by atoms with Gasteiger partial charge < -0.3 is 9.88 Å². The molecule has 1 aromatic heterocycles. The number of fused-ring (bicyclic) bond motifs is 1. The van der Waals surface area contributed by atoms with Gasteiger partial charge >= 0.3 is 0 Å². The lowest BCUT2D eigenvalue weighted by molar-refractivity contribution is 0.0638. The zero-order valence-corrected chi connectivity index (χ0v) is 15.4. The fourth-order valence-corrected chi connectivity index (χ4v) is 3.69. The van der Waals surface area contributed by atoms with Crippen LogP contribution in [0.4, 0.5) is 0 Å². The fraction of sp³-hybridized carbons (Fsp3) is 0.286. The predicted molar refractivity (Wildman–Crippen MR) is 106 cm³/mol. The van der Waals surface area contributed by atoms with Crippen molar-refractivity contribution in [3.63, 3.8) is 0 Å². The first-order chi connectivity index (χ1) is 12.7. The average molecular weight is 368 g/mol. The van der Waals surface area contributed by atoms with E-state index in [1.807, 2.05) is 4.90 Å². The number of amides is 1. The highest BCUT2D eigenvalue weighted by molar-refractivity contribution is 6.30. The summed E-state index contributed by atoms with van der Waals surface area (Å²) < 4.78 is 0. The zero-order chi connectivity index (χ0) is 17.9. The molecule has 26 heavy (non-hydrogen) atoms. The van der Waals surface area contributed by atoms with Gasteiger partial charge in [-0.05, 0) is 42.3 Å². The molecule has 0 atom stereocenters. The summed E-state index contributed by atoms with van der Waals surface area (Å²) in [7, 11) is 0. The van der Waals surface area contributed by atoms with Crippen LogP contribution >= 0.6 is 11.6 Å². The summed E-state index contributed by atoms with van der Waals surface area (Å²) in [4.78, 5) is 20.3. The molecular formula is C21H22ClN3O. The lowest BCUT2D eigenvalue weighted by atomic mass is 10.1. The molecule has 2 heterocycles. The molecule has 4 rings (SSSR count). The molecule has 4 nitrogen and oxygen atoms in total. The number of aromatic nitrogens is 1. The van der Waals surface area contributed by atoms with E-state index >= 15 is 0 Å². The first-order valence-electron chi connectivity index (χ1n) is 9.03. The topological polar surface area (TPSA) is 39.3 Å². The van der Waals surface area contributed by atoms with Crippen molar-refractivity contribution in [1.29, 1.82) is 0 Å². The maximum absolute atomic E-state index is 12.6. The Morgan fingerprint density at radius 1 is 1.00 bits per heavy atom. The predicted octanol–water partition coefficient (Wildman–Crippen LogP) is 3.82. The SMILES string of the molecule is O=C(c1ccc(Cl)cc1)N1CCN(CCc2c[nH]c3ccccc23)CC1. The van der Waals surface area contributed by atoms with E-state index in [2.05, 4.69) is 40.3 Å². The van der Waals surface area contributed by atoms with Crippen LogP contribution in [-0.2, 0) is 6.42 Å². The molecule has 1 fully saturated rings. The van der Waals surface area contributed by atoms with Crippen LogP contribution in [0.25, 0.3) is 10.9 Å². The Morgan fingerprint density at radius 3 is 2.50 bits per heavy atom.